The summed E-state index contributed by atoms with van der Waals surface area (Å²) in [4.78, 5) is 35.8. The van der Waals surface area contributed by atoms with Crippen LogP contribution in [0, 0.1) is 5.92 Å². The minimum atomic E-state index is -0.795. The van der Waals surface area contributed by atoms with E-state index in [-0.39, 0.29) is 36.6 Å². The van der Waals surface area contributed by atoms with Crippen molar-refractivity contribution < 1.29 is 23.9 Å². The third-order valence-electron chi connectivity index (χ3n) is 3.93. The average Bonchev–Trinajstić information content (AvgIpc) is 2.72. The molecule has 0 atom stereocenters. The van der Waals surface area contributed by atoms with E-state index in [0.29, 0.717) is 11.3 Å². The standard InChI is InChI=1S/C23H26N2O5/c1-4-29-23(28)30-19-12-10-17(11-13-19)22(27)24-15-18-7-5-6-8-20(18)25-21(26)14-9-16(2)3/h5-14,16H,4,15H2,1-3H3,(H,24,27)(H,25,26)/b14-9+. The van der Waals surface area contributed by atoms with Crippen molar-refractivity contribution in [3.63, 3.8) is 0 Å². The highest BCUT2D eigenvalue weighted by atomic mass is 16.7. The third kappa shape index (κ3) is 7.43. The molecule has 0 saturated carbocycles. The van der Waals surface area contributed by atoms with Crippen molar-refractivity contribution in [1.29, 1.82) is 0 Å². The molecule has 0 radical (unpaired) electrons. The Morgan fingerprint density at radius 2 is 1.73 bits per heavy atom. The first-order chi connectivity index (χ1) is 14.4. The van der Waals surface area contributed by atoms with Gasteiger partial charge in [0, 0.05) is 17.8 Å². The first kappa shape index (κ1) is 22.7. The zero-order valence-corrected chi connectivity index (χ0v) is 17.3. The summed E-state index contributed by atoms with van der Waals surface area (Å²) in [5.74, 6) is 0.0463. The molecule has 0 heterocycles. The summed E-state index contributed by atoms with van der Waals surface area (Å²) < 4.78 is 9.67. The first-order valence-electron chi connectivity index (χ1n) is 9.69. The van der Waals surface area contributed by atoms with E-state index in [2.05, 4.69) is 10.6 Å². The minimum absolute atomic E-state index is 0.218. The van der Waals surface area contributed by atoms with E-state index < -0.39 is 6.16 Å². The molecule has 0 aliphatic heterocycles. The summed E-state index contributed by atoms with van der Waals surface area (Å²) in [6.07, 6.45) is 2.52. The smallest absolute Gasteiger partial charge is 0.434 e. The van der Waals surface area contributed by atoms with Gasteiger partial charge < -0.3 is 20.1 Å². The van der Waals surface area contributed by atoms with Crippen LogP contribution in [-0.2, 0) is 16.1 Å². The summed E-state index contributed by atoms with van der Waals surface area (Å²) >= 11 is 0. The summed E-state index contributed by atoms with van der Waals surface area (Å²) in [5, 5.41) is 5.65. The fourth-order valence-electron chi connectivity index (χ4n) is 2.45. The second-order valence-electron chi connectivity index (χ2n) is 6.74. The largest absolute Gasteiger partial charge is 0.513 e. The van der Waals surface area contributed by atoms with Crippen LogP contribution >= 0.6 is 0 Å². The fraction of sp³-hybridized carbons (Fsp3) is 0.261. The highest BCUT2D eigenvalue weighted by molar-refractivity contribution is 6.00. The van der Waals surface area contributed by atoms with Crippen LogP contribution in [0.4, 0.5) is 10.5 Å². The van der Waals surface area contributed by atoms with Gasteiger partial charge in [0.25, 0.3) is 5.91 Å². The van der Waals surface area contributed by atoms with Gasteiger partial charge in [-0.15, -0.1) is 0 Å². The topological polar surface area (TPSA) is 93.7 Å². The van der Waals surface area contributed by atoms with Gasteiger partial charge in [-0.1, -0.05) is 38.1 Å². The minimum Gasteiger partial charge on any atom is -0.434 e. The van der Waals surface area contributed by atoms with Gasteiger partial charge in [0.2, 0.25) is 5.91 Å². The van der Waals surface area contributed by atoms with Gasteiger partial charge >= 0.3 is 6.16 Å². The van der Waals surface area contributed by atoms with Crippen LogP contribution in [0.3, 0.4) is 0 Å². The van der Waals surface area contributed by atoms with Crippen molar-refractivity contribution in [1.82, 2.24) is 5.32 Å². The lowest BCUT2D eigenvalue weighted by molar-refractivity contribution is -0.111. The third-order valence-corrected chi connectivity index (χ3v) is 3.93. The number of hydrogen-bond donors (Lipinski definition) is 2. The number of anilines is 1. The Balaban J connectivity index is 1.96. The van der Waals surface area contributed by atoms with Crippen LogP contribution in [0.25, 0.3) is 0 Å². The predicted octanol–water partition coefficient (Wildman–Crippen LogP) is 4.30. The molecular weight excluding hydrogens is 384 g/mol. The fourth-order valence-corrected chi connectivity index (χ4v) is 2.45. The molecule has 7 nitrogen and oxygen atoms in total. The molecule has 30 heavy (non-hydrogen) atoms. The number of para-hydroxylation sites is 1. The van der Waals surface area contributed by atoms with Gasteiger partial charge in [-0.2, -0.15) is 0 Å². The molecule has 2 amide bonds. The molecule has 0 fully saturated rings. The van der Waals surface area contributed by atoms with Crippen molar-refractivity contribution in [2.45, 2.75) is 27.3 Å². The van der Waals surface area contributed by atoms with Crippen molar-refractivity contribution in [2.75, 3.05) is 11.9 Å². The quantitative estimate of drug-likeness (QED) is 0.384. The Morgan fingerprint density at radius 1 is 1.03 bits per heavy atom. The maximum Gasteiger partial charge on any atom is 0.513 e. The number of rotatable bonds is 8. The summed E-state index contributed by atoms with van der Waals surface area (Å²) in [5.41, 5.74) is 1.82. The maximum atomic E-state index is 12.4. The molecule has 2 aromatic carbocycles. The highest BCUT2D eigenvalue weighted by Crippen LogP contribution is 2.16. The SMILES string of the molecule is CCOC(=O)Oc1ccc(C(=O)NCc2ccccc2NC(=O)/C=C/C(C)C)cc1. The van der Waals surface area contributed by atoms with Crippen molar-refractivity contribution in [2.24, 2.45) is 5.92 Å². The van der Waals surface area contributed by atoms with Crippen molar-refractivity contribution in [3.8, 4) is 5.75 Å². The van der Waals surface area contributed by atoms with Crippen LogP contribution in [0.5, 0.6) is 5.75 Å². The summed E-state index contributed by atoms with van der Waals surface area (Å²) in [6.45, 7) is 6.12. The first-order valence-corrected chi connectivity index (χ1v) is 9.69. The average molecular weight is 410 g/mol. The monoisotopic (exact) mass is 410 g/mol. The number of nitrogens with one attached hydrogen (secondary N) is 2. The number of carbonyl (C=O) groups is 3. The molecule has 0 aromatic heterocycles. The normalized spacial score (nSPS) is 10.7. The number of ether oxygens (including phenoxy) is 2. The summed E-state index contributed by atoms with van der Waals surface area (Å²) in [6, 6.07) is 13.4. The Bertz CT molecular complexity index is 904. The molecular formula is C23H26N2O5. The van der Waals surface area contributed by atoms with E-state index in [9.17, 15) is 14.4 Å². The second-order valence-corrected chi connectivity index (χ2v) is 6.74. The van der Waals surface area contributed by atoms with E-state index in [1.807, 2.05) is 38.1 Å². The second kappa shape index (κ2) is 11.4. The van der Waals surface area contributed by atoms with Gasteiger partial charge in [0.05, 0.1) is 6.61 Å². The summed E-state index contributed by atoms with van der Waals surface area (Å²) in [7, 11) is 0. The van der Waals surface area contributed by atoms with Gasteiger partial charge in [-0.25, -0.2) is 4.79 Å². The number of amides is 2. The zero-order valence-electron chi connectivity index (χ0n) is 17.3. The molecule has 0 aliphatic rings. The highest BCUT2D eigenvalue weighted by Gasteiger charge is 2.10. The van der Waals surface area contributed by atoms with Gasteiger partial charge in [-0.05, 0) is 54.8 Å². The van der Waals surface area contributed by atoms with E-state index in [4.69, 9.17) is 9.47 Å². The van der Waals surface area contributed by atoms with E-state index in [1.165, 1.54) is 18.2 Å². The van der Waals surface area contributed by atoms with Gasteiger partial charge in [0.15, 0.2) is 0 Å². The number of benzene rings is 2. The molecule has 2 aromatic rings. The lowest BCUT2D eigenvalue weighted by Crippen LogP contribution is -2.23. The Hall–Kier alpha value is -3.61. The Morgan fingerprint density at radius 3 is 2.40 bits per heavy atom. The molecule has 0 unspecified atom stereocenters. The lowest BCUT2D eigenvalue weighted by Gasteiger charge is -2.11. The van der Waals surface area contributed by atoms with Gasteiger partial charge in [-0.3, -0.25) is 9.59 Å². The number of carbonyl (C=O) groups excluding carboxylic acids is 3. The molecule has 2 N–H and O–H groups in total. The molecule has 0 spiro atoms. The van der Waals surface area contributed by atoms with Crippen LogP contribution < -0.4 is 15.4 Å². The zero-order chi connectivity index (χ0) is 21.9. The van der Waals surface area contributed by atoms with E-state index in [0.717, 1.165) is 5.56 Å². The van der Waals surface area contributed by atoms with Crippen LogP contribution in [0.15, 0.2) is 60.7 Å². The molecule has 0 saturated heterocycles. The van der Waals surface area contributed by atoms with Crippen LogP contribution in [0.2, 0.25) is 0 Å². The van der Waals surface area contributed by atoms with Crippen molar-refractivity contribution in [3.05, 3.63) is 71.8 Å². The Kier molecular flexibility index (Phi) is 8.62. The van der Waals surface area contributed by atoms with Gasteiger partial charge in [0.1, 0.15) is 5.75 Å². The number of hydrogen-bond acceptors (Lipinski definition) is 5. The number of allylic oxidation sites excluding steroid dienone is 1. The van der Waals surface area contributed by atoms with Crippen molar-refractivity contribution >= 4 is 23.7 Å². The molecule has 7 heteroatoms. The van der Waals surface area contributed by atoms with E-state index in [1.54, 1.807) is 25.1 Å². The van der Waals surface area contributed by atoms with Crippen LogP contribution in [-0.4, -0.2) is 24.6 Å². The Labute approximate surface area is 176 Å². The molecule has 158 valence electrons. The maximum absolute atomic E-state index is 12.4. The molecule has 0 aliphatic carbocycles. The molecule has 0 bridgehead atoms. The van der Waals surface area contributed by atoms with E-state index >= 15 is 0 Å². The van der Waals surface area contributed by atoms with Crippen LogP contribution in [0.1, 0.15) is 36.7 Å². The molecule has 2 rings (SSSR count). The predicted molar refractivity (Wildman–Crippen MR) is 114 cm³/mol. The lowest BCUT2D eigenvalue weighted by atomic mass is 10.1.